The molecule has 0 aliphatic carbocycles. The van der Waals surface area contributed by atoms with Crippen LogP contribution in [0.15, 0.2) is 77.2 Å². The summed E-state index contributed by atoms with van der Waals surface area (Å²) in [7, 11) is 0. The molecule has 7 rings (SSSR count). The van der Waals surface area contributed by atoms with Crippen LogP contribution in [0, 0.1) is 0 Å². The van der Waals surface area contributed by atoms with Gasteiger partial charge in [-0.2, -0.15) is 0 Å². The molecule has 0 saturated heterocycles. The Kier molecular flexibility index (Phi) is 4.52. The summed E-state index contributed by atoms with van der Waals surface area (Å²) in [4.78, 5) is 16.0. The van der Waals surface area contributed by atoms with Gasteiger partial charge in [-0.1, -0.05) is 41.9 Å². The second kappa shape index (κ2) is 7.65. The van der Waals surface area contributed by atoms with Crippen molar-refractivity contribution in [1.82, 2.24) is 0 Å². The maximum absolute atomic E-state index is 14.2. The summed E-state index contributed by atoms with van der Waals surface area (Å²) in [5.74, 6) is 3.05. The van der Waals surface area contributed by atoms with Crippen molar-refractivity contribution >= 4 is 23.2 Å². The number of carbonyl (C=O) groups is 1. The van der Waals surface area contributed by atoms with E-state index in [0.29, 0.717) is 23.9 Å². The monoisotopic (exact) mass is 483 g/mol. The van der Waals surface area contributed by atoms with Gasteiger partial charge in [0.2, 0.25) is 5.91 Å². The number of nitrogens with zero attached hydrogens (tertiary/aromatic N) is 1. The Labute approximate surface area is 207 Å². The molecule has 1 spiro atoms. The zero-order valence-electron chi connectivity index (χ0n) is 18.9. The lowest BCUT2D eigenvalue weighted by Gasteiger charge is -2.24. The van der Waals surface area contributed by atoms with Crippen molar-refractivity contribution in [2.75, 3.05) is 18.1 Å². The number of amides is 1. The van der Waals surface area contributed by atoms with Gasteiger partial charge in [0.05, 0.1) is 13.2 Å². The molecule has 4 heterocycles. The molecule has 0 N–H and O–H groups in total. The van der Waals surface area contributed by atoms with Crippen LogP contribution >= 0.6 is 11.6 Å². The van der Waals surface area contributed by atoms with Crippen molar-refractivity contribution in [2.45, 2.75) is 24.8 Å². The number of para-hydroxylation sites is 1. The van der Waals surface area contributed by atoms with Crippen molar-refractivity contribution in [1.29, 1.82) is 0 Å². The van der Waals surface area contributed by atoms with Crippen LogP contribution in [0.4, 0.5) is 5.69 Å². The van der Waals surface area contributed by atoms with Crippen molar-refractivity contribution in [3.8, 4) is 22.8 Å². The Morgan fingerprint density at radius 1 is 0.914 bits per heavy atom. The summed E-state index contributed by atoms with van der Waals surface area (Å²) in [5.41, 5.74) is 3.89. The number of aryl methyl sites for hydroxylation is 1. The lowest BCUT2D eigenvalue weighted by atomic mass is 9.76. The van der Waals surface area contributed by atoms with Gasteiger partial charge in [0.15, 0.2) is 0 Å². The number of hydrogen-bond donors (Lipinski definition) is 0. The molecule has 1 atom stereocenters. The van der Waals surface area contributed by atoms with Gasteiger partial charge >= 0.3 is 0 Å². The molecule has 6 heteroatoms. The Morgan fingerprint density at radius 3 is 2.74 bits per heavy atom. The van der Waals surface area contributed by atoms with Crippen LogP contribution in [-0.2, 0) is 23.2 Å². The van der Waals surface area contributed by atoms with Gasteiger partial charge in [0, 0.05) is 21.8 Å². The molecule has 0 radical (unpaired) electrons. The van der Waals surface area contributed by atoms with Gasteiger partial charge in [-0.25, -0.2) is 0 Å². The zero-order valence-corrected chi connectivity index (χ0v) is 19.7. The SMILES string of the molecule is O=C1N(Cc2ccc(-c3cccc(Cl)c3)o2)c2ccccc2C12COc1cc3c(cc12)OCCC3. The third kappa shape index (κ3) is 3.04. The summed E-state index contributed by atoms with van der Waals surface area (Å²) < 4.78 is 18.2. The Balaban J connectivity index is 1.28. The Morgan fingerprint density at radius 2 is 1.83 bits per heavy atom. The first-order valence-electron chi connectivity index (χ1n) is 11.8. The predicted octanol–water partition coefficient (Wildman–Crippen LogP) is 6.15. The molecule has 1 unspecified atom stereocenters. The van der Waals surface area contributed by atoms with Gasteiger partial charge in [0.1, 0.15) is 35.0 Å². The van der Waals surface area contributed by atoms with Crippen LogP contribution in [0.5, 0.6) is 11.5 Å². The van der Waals surface area contributed by atoms with Crippen LogP contribution in [0.25, 0.3) is 11.3 Å². The third-order valence-electron chi connectivity index (χ3n) is 7.26. The highest BCUT2D eigenvalue weighted by atomic mass is 35.5. The molecule has 3 aliphatic rings. The third-order valence-corrected chi connectivity index (χ3v) is 7.50. The lowest BCUT2D eigenvalue weighted by molar-refractivity contribution is -0.122. The molecule has 0 fully saturated rings. The minimum absolute atomic E-state index is 0.00563. The van der Waals surface area contributed by atoms with Gasteiger partial charge in [-0.05, 0) is 66.4 Å². The van der Waals surface area contributed by atoms with Crippen LogP contribution in [0.1, 0.15) is 28.9 Å². The summed E-state index contributed by atoms with van der Waals surface area (Å²) in [6.45, 7) is 1.31. The molecule has 5 nitrogen and oxygen atoms in total. The van der Waals surface area contributed by atoms with E-state index in [4.69, 9.17) is 25.5 Å². The summed E-state index contributed by atoms with van der Waals surface area (Å²) in [5, 5.41) is 0.650. The number of furan rings is 1. The number of hydrogen-bond acceptors (Lipinski definition) is 4. The van der Waals surface area contributed by atoms with Crippen molar-refractivity contribution < 1.29 is 18.7 Å². The average Bonchev–Trinajstić information content (AvgIpc) is 3.56. The molecule has 1 aromatic heterocycles. The van der Waals surface area contributed by atoms with Crippen molar-refractivity contribution in [2.24, 2.45) is 0 Å². The maximum Gasteiger partial charge on any atom is 0.246 e. The van der Waals surface area contributed by atoms with Gasteiger partial charge < -0.3 is 18.8 Å². The number of ether oxygens (including phenoxy) is 2. The Hall–Kier alpha value is -3.70. The highest BCUT2D eigenvalue weighted by Gasteiger charge is 2.57. The van der Waals surface area contributed by atoms with Crippen LogP contribution in [-0.4, -0.2) is 19.1 Å². The number of fused-ring (bicyclic) bond motifs is 5. The first-order chi connectivity index (χ1) is 17.1. The van der Waals surface area contributed by atoms with E-state index in [9.17, 15) is 4.79 Å². The second-order valence-electron chi connectivity index (χ2n) is 9.29. The first kappa shape index (κ1) is 20.7. The fourth-order valence-corrected chi connectivity index (χ4v) is 5.78. The van der Waals surface area contributed by atoms with Crippen molar-refractivity contribution in [3.05, 3.63) is 100 Å². The normalized spacial score (nSPS) is 19.8. The van der Waals surface area contributed by atoms with E-state index in [1.807, 2.05) is 71.6 Å². The van der Waals surface area contributed by atoms with E-state index in [1.165, 1.54) is 0 Å². The highest BCUT2D eigenvalue weighted by Crippen LogP contribution is 2.54. The first-order valence-corrected chi connectivity index (χ1v) is 12.2. The van der Waals surface area contributed by atoms with Crippen LogP contribution in [0.2, 0.25) is 5.02 Å². The van der Waals surface area contributed by atoms with E-state index in [-0.39, 0.29) is 12.5 Å². The number of rotatable bonds is 3. The summed E-state index contributed by atoms with van der Waals surface area (Å²) >= 11 is 6.15. The van der Waals surface area contributed by atoms with E-state index in [1.54, 1.807) is 0 Å². The van der Waals surface area contributed by atoms with E-state index >= 15 is 0 Å². The molecular formula is C29H22ClNO4. The van der Waals surface area contributed by atoms with Gasteiger partial charge in [-0.15, -0.1) is 0 Å². The average molecular weight is 484 g/mol. The predicted molar refractivity (Wildman–Crippen MR) is 133 cm³/mol. The molecule has 0 bridgehead atoms. The fourth-order valence-electron chi connectivity index (χ4n) is 5.59. The largest absolute Gasteiger partial charge is 0.493 e. The van der Waals surface area contributed by atoms with Gasteiger partial charge in [-0.3, -0.25) is 4.79 Å². The molecule has 0 saturated carbocycles. The van der Waals surface area contributed by atoms with E-state index in [0.717, 1.165) is 58.0 Å². The summed E-state index contributed by atoms with van der Waals surface area (Å²) in [6, 6.07) is 23.4. The van der Waals surface area contributed by atoms with Gasteiger partial charge in [0.25, 0.3) is 0 Å². The molecular weight excluding hydrogens is 462 g/mol. The quantitative estimate of drug-likeness (QED) is 0.350. The lowest BCUT2D eigenvalue weighted by Crippen LogP contribution is -2.42. The standard InChI is InChI=1S/C29H22ClNO4/c30-20-7-3-5-18(13-20)25-11-10-21(35-25)16-31-24-9-2-1-8-22(24)29(28(31)32)17-34-27-14-19-6-4-12-33-26(19)15-23(27)29/h1-3,5,7-11,13-15H,4,6,12,16-17H2. The smallest absolute Gasteiger partial charge is 0.246 e. The second-order valence-corrected chi connectivity index (χ2v) is 9.72. The number of anilines is 1. The number of benzene rings is 3. The maximum atomic E-state index is 14.2. The highest BCUT2D eigenvalue weighted by molar-refractivity contribution is 6.30. The molecule has 1 amide bonds. The molecule has 174 valence electrons. The minimum atomic E-state index is -0.885. The minimum Gasteiger partial charge on any atom is -0.493 e. The molecule has 3 aliphatic heterocycles. The fraction of sp³-hybridized carbons (Fsp3) is 0.207. The van der Waals surface area contributed by atoms with E-state index < -0.39 is 5.41 Å². The van der Waals surface area contributed by atoms with Crippen LogP contribution < -0.4 is 14.4 Å². The molecule has 35 heavy (non-hydrogen) atoms. The molecule has 3 aromatic carbocycles. The summed E-state index contributed by atoms with van der Waals surface area (Å²) in [6.07, 6.45) is 1.95. The topological polar surface area (TPSA) is 51.9 Å². The number of carbonyl (C=O) groups excluding carboxylic acids is 1. The zero-order chi connectivity index (χ0) is 23.6. The van der Waals surface area contributed by atoms with Crippen molar-refractivity contribution in [3.63, 3.8) is 0 Å². The molecule has 4 aromatic rings. The van der Waals surface area contributed by atoms with E-state index in [2.05, 4.69) is 6.07 Å². The Bertz CT molecular complexity index is 1490. The van der Waals surface area contributed by atoms with Crippen LogP contribution in [0.3, 0.4) is 0 Å². The number of halogens is 1.